The maximum atomic E-state index is 5.73. The Labute approximate surface area is 99.5 Å². The van der Waals surface area contributed by atoms with Crippen LogP contribution in [0.5, 0.6) is 0 Å². The third kappa shape index (κ3) is 5.29. The first-order valence-corrected chi connectivity index (χ1v) is 6.07. The molecule has 0 saturated carbocycles. The van der Waals surface area contributed by atoms with Crippen LogP contribution in [-0.2, 0) is 6.54 Å². The van der Waals surface area contributed by atoms with Crippen molar-refractivity contribution in [2.45, 2.75) is 39.3 Å². The lowest BCUT2D eigenvalue weighted by atomic mass is 10.1. The number of hydrogen-bond donors (Lipinski definition) is 1. The predicted octanol–water partition coefficient (Wildman–Crippen LogP) is 2.55. The second kappa shape index (κ2) is 6.66. The molecule has 1 atom stereocenters. The van der Waals surface area contributed by atoms with Crippen LogP contribution in [0.3, 0.4) is 0 Å². The zero-order chi connectivity index (χ0) is 12.0. The monoisotopic (exact) mass is 220 g/mol. The van der Waals surface area contributed by atoms with Gasteiger partial charge in [-0.05, 0) is 45.8 Å². The molecular formula is C14H24N2. The van der Waals surface area contributed by atoms with E-state index in [4.69, 9.17) is 5.73 Å². The van der Waals surface area contributed by atoms with Crippen LogP contribution in [-0.4, -0.2) is 24.5 Å². The van der Waals surface area contributed by atoms with E-state index in [0.717, 1.165) is 19.5 Å². The summed E-state index contributed by atoms with van der Waals surface area (Å²) in [4.78, 5) is 2.35. The molecule has 90 valence electrons. The number of aryl methyl sites for hydroxylation is 1. The molecule has 1 unspecified atom stereocenters. The van der Waals surface area contributed by atoms with Crippen LogP contribution in [0, 0.1) is 6.92 Å². The molecule has 2 heteroatoms. The van der Waals surface area contributed by atoms with Gasteiger partial charge in [0.15, 0.2) is 0 Å². The zero-order valence-electron chi connectivity index (χ0n) is 10.7. The first-order valence-electron chi connectivity index (χ1n) is 6.07. The van der Waals surface area contributed by atoms with E-state index in [2.05, 4.69) is 50.1 Å². The molecule has 16 heavy (non-hydrogen) atoms. The van der Waals surface area contributed by atoms with E-state index in [1.54, 1.807) is 0 Å². The van der Waals surface area contributed by atoms with Crippen molar-refractivity contribution in [1.82, 2.24) is 4.90 Å². The molecule has 0 aliphatic carbocycles. The minimum absolute atomic E-state index is 0.327. The first-order chi connectivity index (χ1) is 7.58. The standard InChI is InChI=1S/C14H24N2/c1-12-6-8-14(9-7-12)11-16(3)10-4-5-13(2)15/h6-9,13H,4-5,10-11,15H2,1-3H3. The fourth-order valence-corrected chi connectivity index (χ4v) is 1.77. The number of benzene rings is 1. The summed E-state index contributed by atoms with van der Waals surface area (Å²) in [5.74, 6) is 0. The molecule has 2 nitrogen and oxygen atoms in total. The Morgan fingerprint density at radius 2 is 1.88 bits per heavy atom. The minimum Gasteiger partial charge on any atom is -0.328 e. The van der Waals surface area contributed by atoms with Crippen molar-refractivity contribution < 1.29 is 0 Å². The molecule has 0 heterocycles. The lowest BCUT2D eigenvalue weighted by molar-refractivity contribution is 0.315. The minimum atomic E-state index is 0.327. The molecular weight excluding hydrogens is 196 g/mol. The summed E-state index contributed by atoms with van der Waals surface area (Å²) in [6.07, 6.45) is 2.29. The maximum absolute atomic E-state index is 5.73. The van der Waals surface area contributed by atoms with E-state index >= 15 is 0 Å². The third-order valence-electron chi connectivity index (χ3n) is 2.77. The van der Waals surface area contributed by atoms with Gasteiger partial charge in [-0.15, -0.1) is 0 Å². The van der Waals surface area contributed by atoms with Crippen molar-refractivity contribution in [1.29, 1.82) is 0 Å². The van der Waals surface area contributed by atoms with E-state index in [1.165, 1.54) is 17.5 Å². The van der Waals surface area contributed by atoms with Gasteiger partial charge in [0.1, 0.15) is 0 Å². The van der Waals surface area contributed by atoms with Crippen LogP contribution in [0.2, 0.25) is 0 Å². The van der Waals surface area contributed by atoms with Gasteiger partial charge in [-0.3, -0.25) is 0 Å². The van der Waals surface area contributed by atoms with Gasteiger partial charge in [-0.2, -0.15) is 0 Å². The van der Waals surface area contributed by atoms with Gasteiger partial charge in [-0.1, -0.05) is 29.8 Å². The largest absolute Gasteiger partial charge is 0.328 e. The van der Waals surface area contributed by atoms with Gasteiger partial charge in [0.25, 0.3) is 0 Å². The predicted molar refractivity (Wildman–Crippen MR) is 70.4 cm³/mol. The van der Waals surface area contributed by atoms with E-state index in [9.17, 15) is 0 Å². The summed E-state index contributed by atoms with van der Waals surface area (Å²) in [6, 6.07) is 9.08. The van der Waals surface area contributed by atoms with Crippen molar-refractivity contribution in [3.63, 3.8) is 0 Å². The molecule has 1 aromatic carbocycles. The molecule has 0 saturated heterocycles. The van der Waals surface area contributed by atoms with Crippen LogP contribution in [0.15, 0.2) is 24.3 Å². The second-order valence-electron chi connectivity index (χ2n) is 4.84. The zero-order valence-corrected chi connectivity index (χ0v) is 10.7. The molecule has 0 aliphatic heterocycles. The molecule has 1 rings (SSSR count). The van der Waals surface area contributed by atoms with Gasteiger partial charge in [0.2, 0.25) is 0 Å². The molecule has 0 fully saturated rings. The van der Waals surface area contributed by atoms with Gasteiger partial charge in [-0.25, -0.2) is 0 Å². The highest BCUT2D eigenvalue weighted by molar-refractivity contribution is 5.21. The summed E-state index contributed by atoms with van der Waals surface area (Å²) >= 11 is 0. The van der Waals surface area contributed by atoms with Gasteiger partial charge < -0.3 is 10.6 Å². The van der Waals surface area contributed by atoms with Gasteiger partial charge >= 0.3 is 0 Å². The lowest BCUT2D eigenvalue weighted by Gasteiger charge is -2.17. The first kappa shape index (κ1) is 13.2. The van der Waals surface area contributed by atoms with Crippen LogP contribution in [0.1, 0.15) is 30.9 Å². The molecule has 0 aromatic heterocycles. The Kier molecular flexibility index (Phi) is 5.50. The third-order valence-corrected chi connectivity index (χ3v) is 2.77. The molecule has 1 aromatic rings. The van der Waals surface area contributed by atoms with Crippen molar-refractivity contribution in [3.8, 4) is 0 Å². The smallest absolute Gasteiger partial charge is 0.0230 e. The molecule has 0 bridgehead atoms. The van der Waals surface area contributed by atoms with Crippen molar-refractivity contribution >= 4 is 0 Å². The van der Waals surface area contributed by atoms with E-state index in [0.29, 0.717) is 6.04 Å². The highest BCUT2D eigenvalue weighted by Crippen LogP contribution is 2.06. The van der Waals surface area contributed by atoms with E-state index < -0.39 is 0 Å². The van der Waals surface area contributed by atoms with Crippen LogP contribution in [0.4, 0.5) is 0 Å². The number of nitrogens with two attached hydrogens (primary N) is 1. The summed E-state index contributed by atoms with van der Waals surface area (Å²) in [5.41, 5.74) is 8.44. The molecule has 0 aliphatic rings. The Balaban J connectivity index is 2.28. The number of nitrogens with zero attached hydrogens (tertiary/aromatic N) is 1. The summed E-state index contributed by atoms with van der Waals surface area (Å²) in [7, 11) is 2.17. The molecule has 0 radical (unpaired) electrons. The van der Waals surface area contributed by atoms with Crippen molar-refractivity contribution in [3.05, 3.63) is 35.4 Å². The molecule has 0 spiro atoms. The molecule has 2 N–H and O–H groups in total. The highest BCUT2D eigenvalue weighted by atomic mass is 15.1. The average molecular weight is 220 g/mol. The fraction of sp³-hybridized carbons (Fsp3) is 0.571. The Morgan fingerprint density at radius 3 is 2.44 bits per heavy atom. The number of rotatable bonds is 6. The topological polar surface area (TPSA) is 29.3 Å². The van der Waals surface area contributed by atoms with Gasteiger partial charge in [0, 0.05) is 12.6 Å². The normalized spacial score (nSPS) is 13.1. The highest BCUT2D eigenvalue weighted by Gasteiger charge is 2.01. The SMILES string of the molecule is Cc1ccc(CN(C)CCCC(C)N)cc1. The van der Waals surface area contributed by atoms with Crippen molar-refractivity contribution in [2.24, 2.45) is 5.73 Å². The lowest BCUT2D eigenvalue weighted by Crippen LogP contribution is -2.22. The van der Waals surface area contributed by atoms with Crippen LogP contribution in [0.25, 0.3) is 0 Å². The van der Waals surface area contributed by atoms with Crippen LogP contribution >= 0.6 is 0 Å². The number of hydrogen-bond acceptors (Lipinski definition) is 2. The fourth-order valence-electron chi connectivity index (χ4n) is 1.77. The van der Waals surface area contributed by atoms with E-state index in [-0.39, 0.29) is 0 Å². The summed E-state index contributed by atoms with van der Waals surface area (Å²) in [5, 5.41) is 0. The summed E-state index contributed by atoms with van der Waals surface area (Å²) in [6.45, 7) is 6.34. The second-order valence-corrected chi connectivity index (χ2v) is 4.84. The maximum Gasteiger partial charge on any atom is 0.0230 e. The average Bonchev–Trinajstić information content (AvgIpc) is 2.21. The Morgan fingerprint density at radius 1 is 1.25 bits per heavy atom. The van der Waals surface area contributed by atoms with Crippen LogP contribution < -0.4 is 5.73 Å². The van der Waals surface area contributed by atoms with Crippen molar-refractivity contribution in [2.75, 3.05) is 13.6 Å². The Bertz CT molecular complexity index is 290. The molecule has 0 amide bonds. The Hall–Kier alpha value is -0.860. The van der Waals surface area contributed by atoms with Gasteiger partial charge in [0.05, 0.1) is 0 Å². The summed E-state index contributed by atoms with van der Waals surface area (Å²) < 4.78 is 0. The quantitative estimate of drug-likeness (QED) is 0.798. The van der Waals surface area contributed by atoms with E-state index in [1.807, 2.05) is 0 Å².